The zero-order valence-electron chi connectivity index (χ0n) is 14.6. The van der Waals surface area contributed by atoms with Gasteiger partial charge in [-0.2, -0.15) is 0 Å². The molecule has 0 spiro atoms. The fraction of sp³-hybridized carbons (Fsp3) is 0.300. The number of methoxy groups -OCH3 is 1. The highest BCUT2D eigenvalue weighted by Crippen LogP contribution is 2.32. The van der Waals surface area contributed by atoms with E-state index in [-0.39, 0.29) is 30.0 Å². The molecule has 2 aromatic rings. The Balaban J connectivity index is 1.56. The Labute approximate surface area is 151 Å². The van der Waals surface area contributed by atoms with Crippen LogP contribution >= 0.6 is 0 Å². The standard InChI is InChI=1S/C20H21FN2O3/c1-26-18-5-3-2-4-17(18)23-13-15(12-19(23)24)20(25)22-11-10-14-6-8-16(21)9-7-14/h2-9,15H,10-13H2,1H3,(H,22,25). The van der Waals surface area contributed by atoms with Gasteiger partial charge in [0.25, 0.3) is 0 Å². The van der Waals surface area contributed by atoms with E-state index in [0.717, 1.165) is 5.56 Å². The van der Waals surface area contributed by atoms with E-state index in [9.17, 15) is 14.0 Å². The lowest BCUT2D eigenvalue weighted by Gasteiger charge is -2.19. The molecule has 1 aliphatic rings. The fourth-order valence-electron chi connectivity index (χ4n) is 3.09. The van der Waals surface area contributed by atoms with Crippen molar-refractivity contribution in [3.63, 3.8) is 0 Å². The second-order valence-electron chi connectivity index (χ2n) is 6.24. The smallest absolute Gasteiger partial charge is 0.227 e. The Kier molecular flexibility index (Phi) is 5.51. The number of carbonyl (C=O) groups excluding carboxylic acids is 2. The van der Waals surface area contributed by atoms with Crippen LogP contribution in [0.2, 0.25) is 0 Å². The fourth-order valence-corrected chi connectivity index (χ4v) is 3.09. The van der Waals surface area contributed by atoms with Crippen molar-refractivity contribution in [3.8, 4) is 5.75 Å². The number of benzene rings is 2. The third-order valence-electron chi connectivity index (χ3n) is 4.50. The average Bonchev–Trinajstić information content (AvgIpc) is 3.05. The summed E-state index contributed by atoms with van der Waals surface area (Å²) in [7, 11) is 1.55. The zero-order chi connectivity index (χ0) is 18.5. The van der Waals surface area contributed by atoms with Gasteiger partial charge in [-0.25, -0.2) is 4.39 Å². The van der Waals surface area contributed by atoms with Gasteiger partial charge < -0.3 is 15.0 Å². The summed E-state index contributed by atoms with van der Waals surface area (Å²) in [4.78, 5) is 26.3. The topological polar surface area (TPSA) is 58.6 Å². The van der Waals surface area contributed by atoms with Gasteiger partial charge in [0, 0.05) is 19.5 Å². The van der Waals surface area contributed by atoms with Crippen molar-refractivity contribution in [1.82, 2.24) is 5.32 Å². The lowest BCUT2D eigenvalue weighted by atomic mass is 10.1. The minimum atomic E-state index is -0.388. The number of amides is 2. The highest BCUT2D eigenvalue weighted by Gasteiger charge is 2.36. The molecule has 1 unspecified atom stereocenters. The van der Waals surface area contributed by atoms with Crippen LogP contribution in [0.1, 0.15) is 12.0 Å². The molecule has 2 aromatic carbocycles. The molecule has 3 rings (SSSR count). The molecule has 0 radical (unpaired) electrons. The number of hydrogen-bond acceptors (Lipinski definition) is 3. The summed E-state index contributed by atoms with van der Waals surface area (Å²) in [6, 6.07) is 13.5. The van der Waals surface area contributed by atoms with Crippen molar-refractivity contribution >= 4 is 17.5 Å². The number of anilines is 1. The SMILES string of the molecule is COc1ccccc1N1CC(C(=O)NCCc2ccc(F)cc2)CC1=O. The largest absolute Gasteiger partial charge is 0.495 e. The van der Waals surface area contributed by atoms with Crippen molar-refractivity contribution < 1.29 is 18.7 Å². The van der Waals surface area contributed by atoms with Gasteiger partial charge in [-0.05, 0) is 36.2 Å². The lowest BCUT2D eigenvalue weighted by molar-refractivity contribution is -0.126. The Morgan fingerprint density at radius 3 is 2.69 bits per heavy atom. The molecule has 26 heavy (non-hydrogen) atoms. The molecule has 2 amide bonds. The Morgan fingerprint density at radius 2 is 1.96 bits per heavy atom. The number of hydrogen-bond donors (Lipinski definition) is 1. The number of nitrogens with zero attached hydrogens (tertiary/aromatic N) is 1. The van der Waals surface area contributed by atoms with Crippen molar-refractivity contribution in [2.24, 2.45) is 5.92 Å². The number of carbonyl (C=O) groups is 2. The minimum Gasteiger partial charge on any atom is -0.495 e. The first-order valence-corrected chi connectivity index (χ1v) is 8.54. The maximum atomic E-state index is 12.9. The molecule has 1 heterocycles. The van der Waals surface area contributed by atoms with Crippen molar-refractivity contribution in [2.45, 2.75) is 12.8 Å². The van der Waals surface area contributed by atoms with Gasteiger partial charge in [0.2, 0.25) is 11.8 Å². The number of halogens is 1. The Hall–Kier alpha value is -2.89. The van der Waals surface area contributed by atoms with Crippen molar-refractivity contribution in [1.29, 1.82) is 0 Å². The van der Waals surface area contributed by atoms with Crippen LogP contribution in [-0.2, 0) is 16.0 Å². The van der Waals surface area contributed by atoms with E-state index in [1.165, 1.54) is 12.1 Å². The van der Waals surface area contributed by atoms with Gasteiger partial charge in [0.1, 0.15) is 11.6 Å². The van der Waals surface area contributed by atoms with Crippen LogP contribution < -0.4 is 15.0 Å². The van der Waals surface area contributed by atoms with Crippen LogP contribution in [0.5, 0.6) is 5.75 Å². The third-order valence-corrected chi connectivity index (χ3v) is 4.50. The van der Waals surface area contributed by atoms with E-state index in [1.807, 2.05) is 18.2 Å². The lowest BCUT2D eigenvalue weighted by Crippen LogP contribution is -2.34. The van der Waals surface area contributed by atoms with E-state index < -0.39 is 0 Å². The van der Waals surface area contributed by atoms with Gasteiger partial charge in [-0.1, -0.05) is 24.3 Å². The molecule has 0 bridgehead atoms. The summed E-state index contributed by atoms with van der Waals surface area (Å²) >= 11 is 0. The second kappa shape index (κ2) is 7.99. The molecule has 1 N–H and O–H groups in total. The van der Waals surface area contributed by atoms with Gasteiger partial charge >= 0.3 is 0 Å². The van der Waals surface area contributed by atoms with Crippen LogP contribution in [0.15, 0.2) is 48.5 Å². The summed E-state index contributed by atoms with van der Waals surface area (Å²) in [5.41, 5.74) is 1.63. The van der Waals surface area contributed by atoms with Gasteiger partial charge in [-0.3, -0.25) is 9.59 Å². The number of ether oxygens (including phenoxy) is 1. The third kappa shape index (κ3) is 4.02. The molecule has 0 aromatic heterocycles. The molecule has 0 saturated carbocycles. The summed E-state index contributed by atoms with van der Waals surface area (Å²) in [5.74, 6) is -0.288. The van der Waals surface area contributed by atoms with Crippen LogP contribution in [0.4, 0.5) is 10.1 Å². The summed E-state index contributed by atoms with van der Waals surface area (Å²) in [6.07, 6.45) is 0.795. The molecule has 1 fully saturated rings. The molecule has 1 atom stereocenters. The summed E-state index contributed by atoms with van der Waals surface area (Å²) < 4.78 is 18.2. The van der Waals surface area contributed by atoms with E-state index in [0.29, 0.717) is 30.9 Å². The zero-order valence-corrected chi connectivity index (χ0v) is 14.6. The predicted molar refractivity (Wildman–Crippen MR) is 96.6 cm³/mol. The maximum absolute atomic E-state index is 12.9. The normalized spacial score (nSPS) is 16.6. The molecule has 1 saturated heterocycles. The number of para-hydroxylation sites is 2. The summed E-state index contributed by atoms with van der Waals surface area (Å²) in [5, 5.41) is 2.87. The van der Waals surface area contributed by atoms with E-state index >= 15 is 0 Å². The molecule has 6 heteroatoms. The molecule has 0 aliphatic carbocycles. The average molecular weight is 356 g/mol. The monoisotopic (exact) mass is 356 g/mol. The molecular weight excluding hydrogens is 335 g/mol. The van der Waals surface area contributed by atoms with Crippen LogP contribution in [0.3, 0.4) is 0 Å². The first-order chi connectivity index (χ1) is 12.6. The maximum Gasteiger partial charge on any atom is 0.227 e. The van der Waals surface area contributed by atoms with Crippen molar-refractivity contribution in [2.75, 3.05) is 25.1 Å². The first-order valence-electron chi connectivity index (χ1n) is 8.54. The predicted octanol–water partition coefficient (Wildman–Crippen LogP) is 2.55. The van der Waals surface area contributed by atoms with Gasteiger partial charge in [0.15, 0.2) is 0 Å². The Bertz CT molecular complexity index is 792. The number of nitrogens with one attached hydrogen (secondary N) is 1. The quantitative estimate of drug-likeness (QED) is 0.865. The van der Waals surface area contributed by atoms with Gasteiger partial charge in [0.05, 0.1) is 18.7 Å². The summed E-state index contributed by atoms with van der Waals surface area (Å²) in [6.45, 7) is 0.783. The first kappa shape index (κ1) is 17.9. The molecule has 1 aliphatic heterocycles. The van der Waals surface area contributed by atoms with Gasteiger partial charge in [-0.15, -0.1) is 0 Å². The van der Waals surface area contributed by atoms with Crippen molar-refractivity contribution in [3.05, 3.63) is 59.9 Å². The van der Waals surface area contributed by atoms with E-state index in [4.69, 9.17) is 4.74 Å². The van der Waals surface area contributed by atoms with Crippen LogP contribution in [0.25, 0.3) is 0 Å². The number of rotatable bonds is 6. The molecule has 136 valence electrons. The molecule has 5 nitrogen and oxygen atoms in total. The van der Waals surface area contributed by atoms with E-state index in [2.05, 4.69) is 5.32 Å². The Morgan fingerprint density at radius 1 is 1.23 bits per heavy atom. The molecular formula is C20H21FN2O3. The highest BCUT2D eigenvalue weighted by atomic mass is 19.1. The highest BCUT2D eigenvalue weighted by molar-refractivity contribution is 6.01. The minimum absolute atomic E-state index is 0.0896. The second-order valence-corrected chi connectivity index (χ2v) is 6.24. The van der Waals surface area contributed by atoms with Crippen LogP contribution in [0, 0.1) is 11.7 Å². The van der Waals surface area contributed by atoms with Crippen LogP contribution in [-0.4, -0.2) is 32.0 Å². The van der Waals surface area contributed by atoms with E-state index in [1.54, 1.807) is 30.2 Å².